The third-order valence-corrected chi connectivity index (χ3v) is 14.0. The summed E-state index contributed by atoms with van der Waals surface area (Å²) in [6.07, 6.45) is 13.4. The molecule has 5 aromatic rings. The first-order chi connectivity index (χ1) is 27.7. The van der Waals surface area contributed by atoms with Gasteiger partial charge in [0.25, 0.3) is 11.8 Å². The van der Waals surface area contributed by atoms with E-state index in [4.69, 9.17) is 14.8 Å². The van der Waals surface area contributed by atoms with Crippen molar-refractivity contribution in [2.75, 3.05) is 30.4 Å². The molecule has 2 N–H and O–H groups in total. The zero-order valence-electron chi connectivity index (χ0n) is 32.9. The molecule has 12 heteroatoms. The van der Waals surface area contributed by atoms with E-state index in [1.807, 2.05) is 54.7 Å². The number of methoxy groups -OCH3 is 1. The van der Waals surface area contributed by atoms with Crippen molar-refractivity contribution in [1.29, 1.82) is 0 Å². The van der Waals surface area contributed by atoms with Crippen LogP contribution in [0.15, 0.2) is 60.8 Å². The van der Waals surface area contributed by atoms with Crippen LogP contribution in [0, 0.1) is 30.1 Å². The predicted octanol–water partition coefficient (Wildman–Crippen LogP) is 8.36. The van der Waals surface area contributed by atoms with Crippen LogP contribution in [0.4, 0.5) is 10.9 Å². The summed E-state index contributed by atoms with van der Waals surface area (Å²) in [5.74, 6) is 2.64. The number of rotatable bonds is 13. The normalized spacial score (nSPS) is 22.1. The Morgan fingerprint density at radius 1 is 0.895 bits per heavy atom. The van der Waals surface area contributed by atoms with E-state index < -0.39 is 0 Å². The van der Waals surface area contributed by atoms with Crippen molar-refractivity contribution in [2.45, 2.75) is 90.6 Å². The van der Waals surface area contributed by atoms with Crippen LogP contribution in [-0.2, 0) is 29.0 Å². The van der Waals surface area contributed by atoms with Gasteiger partial charge in [-0.3, -0.25) is 24.4 Å². The van der Waals surface area contributed by atoms with Crippen molar-refractivity contribution in [3.05, 3.63) is 88.9 Å². The van der Waals surface area contributed by atoms with Crippen LogP contribution in [0.2, 0.25) is 0 Å². The van der Waals surface area contributed by atoms with Crippen LogP contribution in [0.1, 0.15) is 102 Å². The lowest BCUT2D eigenvalue weighted by Gasteiger charge is -2.56. The van der Waals surface area contributed by atoms with E-state index in [0.29, 0.717) is 60.1 Å². The first-order valence-electron chi connectivity index (χ1n) is 20.7. The lowest BCUT2D eigenvalue weighted by Crippen LogP contribution is -2.48. The maximum Gasteiger partial charge on any atom is 0.305 e. The fraction of sp³-hybridized carbons (Fsp3) is 0.467. The number of thiazole rings is 1. The standard InChI is InChI=1S/C45H51N7O4S/c1-28-35(25-47-52(28)27-45-22-29-19-30(23-45)21-31(20-29)24-45)33-14-15-39(49-41(33)43(55)46-17-7-3-4-13-40(53)56-2)51-18-16-32-9-8-10-34(36(32)26-51)42(54)50-44-48-37-11-5-6-12-38(37)57-44/h5-6,8-12,14-15,25,29-31H,3-4,7,13,16-24,26-27H2,1-2H3,(H,46,55)(H,48,50,54). The number of carbonyl (C=O) groups excluding carboxylic acids is 3. The van der Waals surface area contributed by atoms with Gasteiger partial charge in [-0.2, -0.15) is 5.10 Å². The van der Waals surface area contributed by atoms with Crippen LogP contribution in [0.25, 0.3) is 21.3 Å². The minimum Gasteiger partial charge on any atom is -0.469 e. The summed E-state index contributed by atoms with van der Waals surface area (Å²) >= 11 is 1.46. The zero-order valence-corrected chi connectivity index (χ0v) is 33.7. The highest BCUT2D eigenvalue weighted by molar-refractivity contribution is 7.22. The largest absolute Gasteiger partial charge is 0.469 e. The Labute approximate surface area is 337 Å². The van der Waals surface area contributed by atoms with Crippen LogP contribution in [0.3, 0.4) is 0 Å². The lowest BCUT2D eigenvalue weighted by atomic mass is 9.49. The molecule has 4 fully saturated rings. The first kappa shape index (κ1) is 37.5. The number of fused-ring (bicyclic) bond motifs is 2. The highest BCUT2D eigenvalue weighted by Gasteiger charge is 2.51. The van der Waals surface area contributed by atoms with Gasteiger partial charge >= 0.3 is 5.97 Å². The molecule has 0 radical (unpaired) electrons. The van der Waals surface area contributed by atoms with Gasteiger partial charge in [-0.1, -0.05) is 42.0 Å². The Morgan fingerprint density at radius 3 is 2.46 bits per heavy atom. The molecule has 0 saturated heterocycles. The molecule has 0 unspecified atom stereocenters. The Hall–Kier alpha value is -5.10. The van der Waals surface area contributed by atoms with Gasteiger partial charge in [0.15, 0.2) is 5.13 Å². The van der Waals surface area contributed by atoms with Gasteiger partial charge in [0, 0.05) is 55.0 Å². The number of ether oxygens (including phenoxy) is 1. The molecular weight excluding hydrogens is 735 g/mol. The second kappa shape index (κ2) is 15.7. The Balaban J connectivity index is 0.968. The van der Waals surface area contributed by atoms with Crippen LogP contribution in [0.5, 0.6) is 0 Å². The summed E-state index contributed by atoms with van der Waals surface area (Å²) in [5, 5.41) is 11.7. The number of esters is 1. The van der Waals surface area contributed by atoms with Crippen molar-refractivity contribution in [3.8, 4) is 11.1 Å². The second-order valence-corrected chi connectivity index (χ2v) is 18.0. The minimum absolute atomic E-state index is 0.191. The van der Waals surface area contributed by atoms with Crippen molar-refractivity contribution >= 4 is 50.3 Å². The lowest BCUT2D eigenvalue weighted by molar-refractivity contribution is -0.140. The molecule has 4 saturated carbocycles. The summed E-state index contributed by atoms with van der Waals surface area (Å²) in [7, 11) is 1.40. The third kappa shape index (κ3) is 7.68. The number of pyridine rings is 1. The van der Waals surface area contributed by atoms with E-state index in [2.05, 4.69) is 38.2 Å². The number of benzene rings is 2. The molecule has 11 nitrogen and oxygen atoms in total. The minimum atomic E-state index is -0.235. The number of nitrogens with zero attached hydrogens (tertiary/aromatic N) is 5. The molecule has 3 aromatic heterocycles. The molecule has 4 aliphatic carbocycles. The van der Waals surface area contributed by atoms with Crippen LogP contribution < -0.4 is 15.5 Å². The topological polar surface area (TPSA) is 131 Å². The zero-order chi connectivity index (χ0) is 39.1. The molecule has 4 bridgehead atoms. The Kier molecular flexibility index (Phi) is 10.3. The van der Waals surface area contributed by atoms with Gasteiger partial charge in [-0.05, 0) is 129 Å². The molecule has 2 aromatic carbocycles. The quantitative estimate of drug-likeness (QED) is 0.0900. The SMILES string of the molecule is COC(=O)CCCCCNC(=O)c1nc(N2CCc3cccc(C(=O)Nc4nc5ccccc5s4)c3C2)ccc1-c1cnn(CC23CC4CC(CC(C4)C2)C3)c1C. The number of hydrogen-bond donors (Lipinski definition) is 2. The van der Waals surface area contributed by atoms with Crippen LogP contribution >= 0.6 is 11.3 Å². The van der Waals surface area contributed by atoms with E-state index in [-0.39, 0.29) is 17.8 Å². The summed E-state index contributed by atoms with van der Waals surface area (Å²) in [6.45, 7) is 4.71. The van der Waals surface area contributed by atoms with Crippen molar-refractivity contribution in [3.63, 3.8) is 0 Å². The molecule has 296 valence electrons. The third-order valence-electron chi connectivity index (χ3n) is 13.1. The molecule has 4 heterocycles. The average molecular weight is 786 g/mol. The molecule has 57 heavy (non-hydrogen) atoms. The average Bonchev–Trinajstić information content (AvgIpc) is 3.79. The Morgan fingerprint density at radius 2 is 1.68 bits per heavy atom. The molecular formula is C45H51N7O4S. The first-order valence-corrected chi connectivity index (χ1v) is 21.5. The summed E-state index contributed by atoms with van der Waals surface area (Å²) in [6, 6.07) is 17.8. The van der Waals surface area contributed by atoms with Crippen molar-refractivity contribution in [1.82, 2.24) is 25.1 Å². The molecule has 2 amide bonds. The number of carbonyl (C=O) groups is 3. The number of aromatic nitrogens is 4. The number of nitrogens with one attached hydrogen (secondary N) is 2. The molecule has 0 atom stereocenters. The van der Waals surface area contributed by atoms with Gasteiger partial charge in [-0.15, -0.1) is 0 Å². The maximum atomic E-state index is 14.1. The van der Waals surface area contributed by atoms with E-state index in [0.717, 1.165) is 81.7 Å². The van der Waals surface area contributed by atoms with Gasteiger partial charge in [0.05, 0.1) is 23.5 Å². The monoisotopic (exact) mass is 785 g/mol. The summed E-state index contributed by atoms with van der Waals surface area (Å²) in [4.78, 5) is 51.3. The summed E-state index contributed by atoms with van der Waals surface area (Å²) in [5.41, 5.74) is 7.01. The number of amides is 2. The highest BCUT2D eigenvalue weighted by Crippen LogP contribution is 2.60. The second-order valence-electron chi connectivity index (χ2n) is 17.0. The van der Waals surface area contributed by atoms with Crippen molar-refractivity contribution < 1.29 is 19.1 Å². The smallest absolute Gasteiger partial charge is 0.305 e. The molecule has 5 aliphatic rings. The predicted molar refractivity (Wildman–Crippen MR) is 222 cm³/mol. The van der Waals surface area contributed by atoms with Gasteiger partial charge in [-0.25, -0.2) is 9.97 Å². The maximum absolute atomic E-state index is 14.1. The fourth-order valence-electron chi connectivity index (χ4n) is 10.7. The Bertz CT molecular complexity index is 2260. The number of hydrogen-bond acceptors (Lipinski definition) is 9. The van der Waals surface area contributed by atoms with Crippen molar-refractivity contribution in [2.24, 2.45) is 23.2 Å². The number of anilines is 2. The number of unbranched alkanes of at least 4 members (excludes halogenated alkanes) is 2. The van der Waals surface area contributed by atoms with Crippen LogP contribution in [-0.4, -0.2) is 57.7 Å². The van der Waals surface area contributed by atoms with E-state index in [1.54, 1.807) is 0 Å². The fourth-order valence-corrected chi connectivity index (χ4v) is 11.6. The molecule has 0 spiro atoms. The highest BCUT2D eigenvalue weighted by atomic mass is 32.1. The molecule has 1 aliphatic heterocycles. The molecule has 10 rings (SSSR count). The van der Waals surface area contributed by atoms with Gasteiger partial charge < -0.3 is 15.0 Å². The van der Waals surface area contributed by atoms with E-state index in [1.165, 1.54) is 57.0 Å². The number of para-hydroxylation sites is 1. The van der Waals surface area contributed by atoms with E-state index in [9.17, 15) is 14.4 Å². The van der Waals surface area contributed by atoms with Gasteiger partial charge in [0.2, 0.25) is 0 Å². The van der Waals surface area contributed by atoms with E-state index >= 15 is 0 Å². The summed E-state index contributed by atoms with van der Waals surface area (Å²) < 4.78 is 7.99. The van der Waals surface area contributed by atoms with Gasteiger partial charge in [0.1, 0.15) is 11.5 Å².